The van der Waals surface area contributed by atoms with Gasteiger partial charge in [0, 0.05) is 36.5 Å². The van der Waals surface area contributed by atoms with Crippen LogP contribution in [-0.2, 0) is 11.3 Å². The molecule has 1 N–H and O–H groups in total. The second-order valence-electron chi connectivity index (χ2n) is 4.31. The number of aromatic nitrogens is 2. The molecule has 0 spiro atoms. The number of H-pyrrole nitrogens is 1. The van der Waals surface area contributed by atoms with Gasteiger partial charge in [-0.05, 0) is 12.1 Å². The van der Waals surface area contributed by atoms with Crippen LogP contribution < -0.4 is 0 Å². The van der Waals surface area contributed by atoms with Crippen molar-refractivity contribution >= 4 is 29.3 Å². The summed E-state index contributed by atoms with van der Waals surface area (Å²) in [6.45, 7) is 0.503. The van der Waals surface area contributed by atoms with Gasteiger partial charge in [-0.25, -0.2) is 4.98 Å². The first-order valence-electron chi connectivity index (χ1n) is 6.26. The van der Waals surface area contributed by atoms with E-state index < -0.39 is 0 Å². The Kier molecular flexibility index (Phi) is 5.49. The molecule has 1 aromatic carbocycles. The number of halogens is 1. The molecular formula is C14H16ClN3OS. The topological polar surface area (TPSA) is 49.0 Å². The summed E-state index contributed by atoms with van der Waals surface area (Å²) in [5, 5.41) is 0.730. The summed E-state index contributed by atoms with van der Waals surface area (Å²) in [6, 6.07) is 7.66. The van der Waals surface area contributed by atoms with Crippen molar-refractivity contribution in [3.8, 4) is 0 Å². The third-order valence-electron chi connectivity index (χ3n) is 2.78. The normalized spacial score (nSPS) is 10.5. The van der Waals surface area contributed by atoms with E-state index in [1.807, 2.05) is 24.3 Å². The SMILES string of the molecule is CN(Cc1ncc[nH]1)C(=O)CCSc1ccccc1Cl. The molecule has 106 valence electrons. The van der Waals surface area contributed by atoms with E-state index in [4.69, 9.17) is 11.6 Å². The zero-order valence-corrected chi connectivity index (χ0v) is 12.7. The molecule has 0 fully saturated rings. The van der Waals surface area contributed by atoms with E-state index >= 15 is 0 Å². The zero-order valence-electron chi connectivity index (χ0n) is 11.2. The number of rotatable bonds is 6. The Morgan fingerprint density at radius 1 is 1.45 bits per heavy atom. The number of aromatic amines is 1. The van der Waals surface area contributed by atoms with Gasteiger partial charge in [0.25, 0.3) is 0 Å². The number of amides is 1. The summed E-state index contributed by atoms with van der Waals surface area (Å²) in [5.74, 6) is 1.60. The summed E-state index contributed by atoms with van der Waals surface area (Å²) in [4.78, 5) is 21.8. The second kappa shape index (κ2) is 7.36. The molecule has 0 aliphatic rings. The Hall–Kier alpha value is -1.46. The molecule has 6 heteroatoms. The van der Waals surface area contributed by atoms with E-state index in [1.54, 1.807) is 36.1 Å². The summed E-state index contributed by atoms with van der Waals surface area (Å²) >= 11 is 7.67. The molecule has 0 aliphatic heterocycles. The first kappa shape index (κ1) is 14.9. The number of carbonyl (C=O) groups is 1. The highest BCUT2D eigenvalue weighted by Gasteiger charge is 2.10. The van der Waals surface area contributed by atoms with Crippen molar-refractivity contribution in [2.45, 2.75) is 17.9 Å². The predicted molar refractivity (Wildman–Crippen MR) is 81.9 cm³/mol. The molecular weight excluding hydrogens is 294 g/mol. The highest BCUT2D eigenvalue weighted by molar-refractivity contribution is 7.99. The van der Waals surface area contributed by atoms with Crippen molar-refractivity contribution in [3.05, 3.63) is 47.5 Å². The minimum atomic E-state index is 0.0981. The molecule has 0 radical (unpaired) electrons. The van der Waals surface area contributed by atoms with Gasteiger partial charge >= 0.3 is 0 Å². The maximum Gasteiger partial charge on any atom is 0.223 e. The molecule has 0 atom stereocenters. The molecule has 20 heavy (non-hydrogen) atoms. The summed E-state index contributed by atoms with van der Waals surface area (Å²) in [7, 11) is 1.78. The van der Waals surface area contributed by atoms with Crippen molar-refractivity contribution in [3.63, 3.8) is 0 Å². The van der Waals surface area contributed by atoms with Crippen LogP contribution in [-0.4, -0.2) is 33.6 Å². The van der Waals surface area contributed by atoms with Crippen LogP contribution in [0.25, 0.3) is 0 Å². The van der Waals surface area contributed by atoms with Crippen LogP contribution >= 0.6 is 23.4 Å². The number of nitrogens with zero attached hydrogens (tertiary/aromatic N) is 2. The number of carbonyl (C=O) groups excluding carboxylic acids is 1. The monoisotopic (exact) mass is 309 g/mol. The molecule has 1 amide bonds. The first-order chi connectivity index (χ1) is 9.66. The van der Waals surface area contributed by atoms with E-state index in [0.717, 1.165) is 15.7 Å². The minimum absolute atomic E-state index is 0.0981. The molecule has 1 heterocycles. The van der Waals surface area contributed by atoms with Crippen LogP contribution in [0, 0.1) is 0 Å². The maximum atomic E-state index is 12.0. The number of nitrogens with one attached hydrogen (secondary N) is 1. The van der Waals surface area contributed by atoms with Crippen LogP contribution in [0.4, 0.5) is 0 Å². The number of benzene rings is 1. The van der Waals surface area contributed by atoms with Crippen LogP contribution in [0.15, 0.2) is 41.6 Å². The van der Waals surface area contributed by atoms with Crippen molar-refractivity contribution in [2.24, 2.45) is 0 Å². The average molecular weight is 310 g/mol. The van der Waals surface area contributed by atoms with Crippen molar-refractivity contribution in [1.29, 1.82) is 0 Å². The second-order valence-corrected chi connectivity index (χ2v) is 5.86. The van der Waals surface area contributed by atoms with Crippen molar-refractivity contribution in [1.82, 2.24) is 14.9 Å². The Balaban J connectivity index is 1.76. The summed E-state index contributed by atoms with van der Waals surface area (Å²) in [5.41, 5.74) is 0. The number of hydrogen-bond acceptors (Lipinski definition) is 3. The molecule has 0 bridgehead atoms. The predicted octanol–water partition coefficient (Wildman–Crippen LogP) is 3.20. The molecule has 0 saturated heterocycles. The van der Waals surface area contributed by atoms with Gasteiger partial charge in [-0.1, -0.05) is 23.7 Å². The largest absolute Gasteiger partial charge is 0.347 e. The fraction of sp³-hybridized carbons (Fsp3) is 0.286. The number of thioether (sulfide) groups is 1. The van der Waals surface area contributed by atoms with Crippen LogP contribution in [0.3, 0.4) is 0 Å². The van der Waals surface area contributed by atoms with E-state index in [0.29, 0.717) is 18.7 Å². The smallest absolute Gasteiger partial charge is 0.223 e. The van der Waals surface area contributed by atoms with Gasteiger partial charge in [0.15, 0.2) is 0 Å². The van der Waals surface area contributed by atoms with Gasteiger partial charge in [-0.3, -0.25) is 4.79 Å². The minimum Gasteiger partial charge on any atom is -0.347 e. The number of imidazole rings is 1. The third-order valence-corrected chi connectivity index (χ3v) is 4.29. The van der Waals surface area contributed by atoms with Gasteiger partial charge in [0.05, 0.1) is 11.6 Å². The van der Waals surface area contributed by atoms with Crippen LogP contribution in [0.5, 0.6) is 0 Å². The van der Waals surface area contributed by atoms with Crippen LogP contribution in [0.2, 0.25) is 5.02 Å². The molecule has 2 rings (SSSR count). The third kappa shape index (κ3) is 4.28. The number of hydrogen-bond donors (Lipinski definition) is 1. The molecule has 4 nitrogen and oxygen atoms in total. The Labute approximate surface area is 127 Å². The molecule has 1 aromatic heterocycles. The average Bonchev–Trinajstić information content (AvgIpc) is 2.93. The first-order valence-corrected chi connectivity index (χ1v) is 7.62. The summed E-state index contributed by atoms with van der Waals surface area (Å²) < 4.78 is 0. The van der Waals surface area contributed by atoms with E-state index in [2.05, 4.69) is 9.97 Å². The standard InChI is InChI=1S/C14H16ClN3OS/c1-18(10-13-16-7-8-17-13)14(19)6-9-20-12-5-3-2-4-11(12)15/h2-5,7-8H,6,9-10H2,1H3,(H,16,17). The van der Waals surface area contributed by atoms with Gasteiger partial charge in [0.1, 0.15) is 5.82 Å². The molecule has 0 aliphatic carbocycles. The lowest BCUT2D eigenvalue weighted by molar-refractivity contribution is -0.130. The highest BCUT2D eigenvalue weighted by Crippen LogP contribution is 2.27. The Morgan fingerprint density at radius 2 is 2.25 bits per heavy atom. The van der Waals surface area contributed by atoms with Gasteiger partial charge in [-0.2, -0.15) is 0 Å². The fourth-order valence-electron chi connectivity index (χ4n) is 1.70. The zero-order chi connectivity index (χ0) is 14.4. The van der Waals surface area contributed by atoms with Gasteiger partial charge < -0.3 is 9.88 Å². The summed E-state index contributed by atoms with van der Waals surface area (Å²) in [6.07, 6.45) is 3.91. The maximum absolute atomic E-state index is 12.0. The molecule has 0 unspecified atom stereocenters. The lowest BCUT2D eigenvalue weighted by Crippen LogP contribution is -2.26. The van der Waals surface area contributed by atoms with Gasteiger partial charge in [0.2, 0.25) is 5.91 Å². The lowest BCUT2D eigenvalue weighted by Gasteiger charge is -2.15. The van der Waals surface area contributed by atoms with E-state index in [9.17, 15) is 4.79 Å². The fourth-order valence-corrected chi connectivity index (χ4v) is 2.87. The Morgan fingerprint density at radius 3 is 2.95 bits per heavy atom. The quantitative estimate of drug-likeness (QED) is 0.834. The molecule has 0 saturated carbocycles. The van der Waals surface area contributed by atoms with Gasteiger partial charge in [-0.15, -0.1) is 11.8 Å². The van der Waals surface area contributed by atoms with E-state index in [-0.39, 0.29) is 5.91 Å². The van der Waals surface area contributed by atoms with Crippen molar-refractivity contribution in [2.75, 3.05) is 12.8 Å². The lowest BCUT2D eigenvalue weighted by atomic mass is 10.4. The van der Waals surface area contributed by atoms with Crippen LogP contribution in [0.1, 0.15) is 12.2 Å². The van der Waals surface area contributed by atoms with E-state index in [1.165, 1.54) is 0 Å². The van der Waals surface area contributed by atoms with Crippen molar-refractivity contribution < 1.29 is 4.79 Å². The Bertz CT molecular complexity index is 559. The highest BCUT2D eigenvalue weighted by atomic mass is 35.5. The molecule has 2 aromatic rings.